The molecule has 2 heterocycles. The molecule has 3 heteroatoms. The maximum atomic E-state index is 10.2. The second-order valence-corrected chi connectivity index (χ2v) is 9.58. The summed E-state index contributed by atoms with van der Waals surface area (Å²) in [5.74, 6) is 0. The Bertz CT molecular complexity index is 1880. The highest BCUT2D eigenvalue weighted by Gasteiger charge is 2.19. The molecular weight excluding hydrogens is 432 g/mol. The SMILES string of the molecule is N#Cc1cccc(-c2ccc3sc4ccccc4c3c2)c1-n1c2ccccc2c2ccccc21. The first kappa shape index (κ1) is 19.1. The number of fused-ring (bicyclic) bond motifs is 6. The molecule has 0 bridgehead atoms. The van der Waals surface area contributed by atoms with Crippen molar-refractivity contribution in [1.82, 2.24) is 4.57 Å². The summed E-state index contributed by atoms with van der Waals surface area (Å²) in [6.07, 6.45) is 0. The number of rotatable bonds is 2. The van der Waals surface area contributed by atoms with Gasteiger partial charge >= 0.3 is 0 Å². The topological polar surface area (TPSA) is 28.7 Å². The molecule has 0 aliphatic rings. The van der Waals surface area contributed by atoms with Gasteiger partial charge in [-0.1, -0.05) is 72.8 Å². The van der Waals surface area contributed by atoms with Crippen LogP contribution in [0.1, 0.15) is 5.56 Å². The molecule has 0 spiro atoms. The van der Waals surface area contributed by atoms with Crippen LogP contribution in [0.25, 0.3) is 58.8 Å². The molecule has 0 aliphatic heterocycles. The van der Waals surface area contributed by atoms with Crippen LogP contribution in [0.4, 0.5) is 0 Å². The number of thiophene rings is 1. The van der Waals surface area contributed by atoms with Gasteiger partial charge in [-0.2, -0.15) is 5.26 Å². The molecular formula is C31H18N2S. The number of aromatic nitrogens is 1. The molecule has 0 fully saturated rings. The maximum Gasteiger partial charge on any atom is 0.101 e. The predicted octanol–water partition coefficient (Wildman–Crippen LogP) is 8.69. The molecule has 0 N–H and O–H groups in total. The van der Waals surface area contributed by atoms with Crippen LogP contribution >= 0.6 is 11.3 Å². The number of hydrogen-bond donors (Lipinski definition) is 0. The Labute approximate surface area is 200 Å². The van der Waals surface area contributed by atoms with E-state index in [9.17, 15) is 5.26 Å². The molecule has 7 rings (SSSR count). The third kappa shape index (κ3) is 2.67. The average Bonchev–Trinajstić information content (AvgIpc) is 3.43. The summed E-state index contributed by atoms with van der Waals surface area (Å²) >= 11 is 1.82. The number of nitriles is 1. The molecule has 7 aromatic rings. The molecule has 2 aromatic heterocycles. The van der Waals surface area contributed by atoms with Crippen LogP contribution < -0.4 is 0 Å². The molecule has 0 amide bonds. The van der Waals surface area contributed by atoms with Gasteiger partial charge in [-0.3, -0.25) is 0 Å². The van der Waals surface area contributed by atoms with Crippen molar-refractivity contribution in [2.45, 2.75) is 0 Å². The molecule has 0 atom stereocenters. The number of nitrogens with zero attached hydrogens (tertiary/aromatic N) is 2. The lowest BCUT2D eigenvalue weighted by Crippen LogP contribution is -2.00. The Morgan fingerprint density at radius 2 is 1.24 bits per heavy atom. The van der Waals surface area contributed by atoms with Crippen LogP contribution in [0.5, 0.6) is 0 Å². The smallest absolute Gasteiger partial charge is 0.101 e. The van der Waals surface area contributed by atoms with E-state index >= 15 is 0 Å². The third-order valence-corrected chi connectivity index (χ3v) is 7.80. The molecule has 34 heavy (non-hydrogen) atoms. The van der Waals surface area contributed by atoms with Crippen molar-refractivity contribution in [3.8, 4) is 22.9 Å². The maximum absolute atomic E-state index is 10.2. The lowest BCUT2D eigenvalue weighted by atomic mass is 9.98. The van der Waals surface area contributed by atoms with Crippen LogP contribution in [-0.2, 0) is 0 Å². The van der Waals surface area contributed by atoms with Crippen molar-refractivity contribution in [3.63, 3.8) is 0 Å². The Morgan fingerprint density at radius 1 is 0.588 bits per heavy atom. The number of hydrogen-bond acceptors (Lipinski definition) is 2. The standard InChI is InChI=1S/C31H18N2S/c32-19-21-8-7-12-22(20-16-17-30-26(18-20)25-11-3-6-15-29(25)34-30)31(21)33-27-13-4-1-9-23(27)24-10-2-5-14-28(24)33/h1-18H. The summed E-state index contributed by atoms with van der Waals surface area (Å²) in [5, 5.41) is 15.1. The van der Waals surface area contributed by atoms with E-state index in [1.807, 2.05) is 23.5 Å². The van der Waals surface area contributed by atoms with Crippen molar-refractivity contribution in [2.75, 3.05) is 0 Å². The zero-order valence-electron chi connectivity index (χ0n) is 18.2. The van der Waals surface area contributed by atoms with E-state index in [0.29, 0.717) is 5.56 Å². The summed E-state index contributed by atoms with van der Waals surface area (Å²) in [6.45, 7) is 0. The molecule has 158 valence electrons. The zero-order chi connectivity index (χ0) is 22.6. The quantitative estimate of drug-likeness (QED) is 0.259. The van der Waals surface area contributed by atoms with Gasteiger partial charge in [0.1, 0.15) is 6.07 Å². The molecule has 0 unspecified atom stereocenters. The summed E-state index contributed by atoms with van der Waals surface area (Å²) in [7, 11) is 0. The van der Waals surface area contributed by atoms with Gasteiger partial charge in [0.15, 0.2) is 0 Å². The minimum atomic E-state index is 0.666. The van der Waals surface area contributed by atoms with Gasteiger partial charge in [0, 0.05) is 36.5 Å². The Morgan fingerprint density at radius 3 is 1.97 bits per heavy atom. The van der Waals surface area contributed by atoms with Gasteiger partial charge in [-0.05, 0) is 42.0 Å². The molecule has 0 saturated carbocycles. The minimum absolute atomic E-state index is 0.666. The molecule has 0 radical (unpaired) electrons. The molecule has 2 nitrogen and oxygen atoms in total. The highest BCUT2D eigenvalue weighted by atomic mass is 32.1. The molecule has 0 aliphatic carbocycles. The van der Waals surface area contributed by atoms with Crippen LogP contribution in [0.15, 0.2) is 109 Å². The predicted molar refractivity (Wildman–Crippen MR) is 144 cm³/mol. The lowest BCUT2D eigenvalue weighted by molar-refractivity contribution is 1.17. The van der Waals surface area contributed by atoms with Gasteiger partial charge in [-0.25, -0.2) is 0 Å². The van der Waals surface area contributed by atoms with Crippen LogP contribution in [-0.4, -0.2) is 4.57 Å². The number of benzene rings is 5. The van der Waals surface area contributed by atoms with Crippen molar-refractivity contribution in [3.05, 3.63) is 115 Å². The summed E-state index contributed by atoms with van der Waals surface area (Å²) in [5.41, 5.74) is 5.98. The first-order valence-corrected chi connectivity index (χ1v) is 12.1. The monoisotopic (exact) mass is 450 g/mol. The number of para-hydroxylation sites is 3. The molecule has 0 saturated heterocycles. The Balaban J connectivity index is 1.60. The van der Waals surface area contributed by atoms with Crippen LogP contribution in [0.3, 0.4) is 0 Å². The lowest BCUT2D eigenvalue weighted by Gasteiger charge is -2.16. The van der Waals surface area contributed by atoms with E-state index in [-0.39, 0.29) is 0 Å². The minimum Gasteiger partial charge on any atom is -0.307 e. The summed E-state index contributed by atoms with van der Waals surface area (Å²) < 4.78 is 4.83. The zero-order valence-corrected chi connectivity index (χ0v) is 19.0. The van der Waals surface area contributed by atoms with Crippen molar-refractivity contribution >= 4 is 53.3 Å². The van der Waals surface area contributed by atoms with E-state index in [4.69, 9.17) is 0 Å². The van der Waals surface area contributed by atoms with Gasteiger partial charge in [0.25, 0.3) is 0 Å². The fourth-order valence-electron chi connectivity index (χ4n) is 5.16. The van der Waals surface area contributed by atoms with E-state index in [1.165, 1.54) is 30.9 Å². The Hall–Kier alpha value is -4.39. The van der Waals surface area contributed by atoms with Crippen LogP contribution in [0.2, 0.25) is 0 Å². The van der Waals surface area contributed by atoms with E-state index < -0.39 is 0 Å². The third-order valence-electron chi connectivity index (χ3n) is 6.65. The highest BCUT2D eigenvalue weighted by Crippen LogP contribution is 2.40. The van der Waals surface area contributed by atoms with Gasteiger partial charge in [0.05, 0.1) is 22.3 Å². The highest BCUT2D eigenvalue weighted by molar-refractivity contribution is 7.25. The first-order valence-electron chi connectivity index (χ1n) is 11.3. The van der Waals surface area contributed by atoms with Crippen molar-refractivity contribution < 1.29 is 0 Å². The van der Waals surface area contributed by atoms with E-state index in [1.54, 1.807) is 0 Å². The van der Waals surface area contributed by atoms with Crippen molar-refractivity contribution in [1.29, 1.82) is 5.26 Å². The molecule has 5 aromatic carbocycles. The van der Waals surface area contributed by atoms with Crippen molar-refractivity contribution in [2.24, 2.45) is 0 Å². The second kappa shape index (κ2) is 7.31. The average molecular weight is 451 g/mol. The fraction of sp³-hybridized carbons (Fsp3) is 0. The van der Waals surface area contributed by atoms with Gasteiger partial charge in [0.2, 0.25) is 0 Å². The summed E-state index contributed by atoms with van der Waals surface area (Å²) in [6, 6.07) is 40.6. The fourth-order valence-corrected chi connectivity index (χ4v) is 6.25. The van der Waals surface area contributed by atoms with Gasteiger partial charge < -0.3 is 4.57 Å². The Kier molecular flexibility index (Phi) is 4.11. The van der Waals surface area contributed by atoms with Gasteiger partial charge in [-0.15, -0.1) is 11.3 Å². The first-order chi connectivity index (χ1) is 16.8. The summed E-state index contributed by atoms with van der Waals surface area (Å²) in [4.78, 5) is 0. The van der Waals surface area contributed by atoms with E-state index in [0.717, 1.165) is 27.8 Å². The van der Waals surface area contributed by atoms with E-state index in [2.05, 4.69) is 108 Å². The second-order valence-electron chi connectivity index (χ2n) is 8.49. The van der Waals surface area contributed by atoms with Crippen LogP contribution in [0, 0.1) is 11.3 Å². The normalized spacial score (nSPS) is 11.5. The largest absolute Gasteiger partial charge is 0.307 e.